The minimum absolute atomic E-state index is 0. The molecule has 0 bridgehead atoms. The highest BCUT2D eigenvalue weighted by molar-refractivity contribution is 14.0. The van der Waals surface area contributed by atoms with Crippen molar-refractivity contribution in [1.29, 1.82) is 0 Å². The molecule has 1 aliphatic heterocycles. The Morgan fingerprint density at radius 3 is 2.70 bits per heavy atom. The Kier molecular flexibility index (Phi) is 14.3. The molecule has 0 spiro atoms. The molecule has 5 heteroatoms. The molecule has 2 N–H and O–H groups in total. The fourth-order valence-corrected chi connectivity index (χ4v) is 3.15. The second-order valence-electron chi connectivity index (χ2n) is 6.88. The molecular weight excluding hydrogens is 399 g/mol. The summed E-state index contributed by atoms with van der Waals surface area (Å²) in [6, 6.07) is 0.503. The monoisotopic (exact) mass is 438 g/mol. The Morgan fingerprint density at radius 2 is 2.04 bits per heavy atom. The highest BCUT2D eigenvalue weighted by atomic mass is 127. The van der Waals surface area contributed by atoms with Crippen molar-refractivity contribution < 1.29 is 0 Å². The van der Waals surface area contributed by atoms with Crippen LogP contribution in [0.2, 0.25) is 0 Å². The molecular formula is C18H39IN4. The van der Waals surface area contributed by atoms with Gasteiger partial charge in [-0.05, 0) is 52.6 Å². The predicted molar refractivity (Wildman–Crippen MR) is 113 cm³/mol. The van der Waals surface area contributed by atoms with Gasteiger partial charge in [0.1, 0.15) is 0 Å². The van der Waals surface area contributed by atoms with E-state index >= 15 is 0 Å². The summed E-state index contributed by atoms with van der Waals surface area (Å²) in [4.78, 5) is 7.25. The molecule has 1 heterocycles. The van der Waals surface area contributed by atoms with Crippen LogP contribution in [0.1, 0.15) is 65.7 Å². The van der Waals surface area contributed by atoms with Crippen molar-refractivity contribution in [2.75, 3.05) is 33.2 Å². The molecule has 2 unspecified atom stereocenters. The smallest absolute Gasteiger partial charge is 0.191 e. The van der Waals surface area contributed by atoms with Crippen LogP contribution in [0, 0.1) is 5.92 Å². The molecule has 1 aliphatic rings. The Labute approximate surface area is 161 Å². The van der Waals surface area contributed by atoms with Crippen LogP contribution in [0.25, 0.3) is 0 Å². The summed E-state index contributed by atoms with van der Waals surface area (Å²) in [5, 5.41) is 6.96. The van der Waals surface area contributed by atoms with Crippen LogP contribution in [-0.2, 0) is 0 Å². The number of likely N-dealkylation sites (tertiary alicyclic amines) is 1. The van der Waals surface area contributed by atoms with Gasteiger partial charge in [0.25, 0.3) is 0 Å². The first-order valence-corrected chi connectivity index (χ1v) is 9.39. The molecule has 138 valence electrons. The van der Waals surface area contributed by atoms with Gasteiger partial charge in [0.15, 0.2) is 5.96 Å². The largest absolute Gasteiger partial charge is 0.357 e. The van der Waals surface area contributed by atoms with Crippen molar-refractivity contribution in [1.82, 2.24) is 15.5 Å². The lowest BCUT2D eigenvalue weighted by molar-refractivity contribution is 0.214. The summed E-state index contributed by atoms with van der Waals surface area (Å²) in [6.07, 6.45) is 9.20. The highest BCUT2D eigenvalue weighted by Gasteiger charge is 2.16. The summed E-state index contributed by atoms with van der Waals surface area (Å²) in [5.74, 6) is 1.72. The maximum Gasteiger partial charge on any atom is 0.191 e. The topological polar surface area (TPSA) is 39.7 Å². The van der Waals surface area contributed by atoms with Gasteiger partial charge in [-0.25, -0.2) is 0 Å². The van der Waals surface area contributed by atoms with E-state index in [1.165, 1.54) is 58.0 Å². The van der Waals surface area contributed by atoms with Gasteiger partial charge < -0.3 is 15.5 Å². The number of guanidine groups is 1. The first-order valence-electron chi connectivity index (χ1n) is 9.39. The van der Waals surface area contributed by atoms with Crippen LogP contribution in [0.15, 0.2) is 4.99 Å². The number of aliphatic imine (C=N–C) groups is 1. The average Bonchev–Trinajstić information content (AvgIpc) is 2.49. The van der Waals surface area contributed by atoms with Crippen LogP contribution in [0.5, 0.6) is 0 Å². The maximum atomic E-state index is 4.82. The number of piperidine rings is 1. The molecule has 1 fully saturated rings. The fraction of sp³-hybridized carbons (Fsp3) is 0.944. The average molecular weight is 438 g/mol. The van der Waals surface area contributed by atoms with E-state index in [0.717, 1.165) is 19.0 Å². The van der Waals surface area contributed by atoms with Gasteiger partial charge >= 0.3 is 0 Å². The summed E-state index contributed by atoms with van der Waals surface area (Å²) in [5.41, 5.74) is 0. The first kappa shape index (κ1) is 23.0. The van der Waals surface area contributed by atoms with E-state index in [1.54, 1.807) is 0 Å². The van der Waals surface area contributed by atoms with E-state index in [4.69, 9.17) is 4.99 Å². The number of halogens is 1. The maximum absolute atomic E-state index is 4.82. The van der Waals surface area contributed by atoms with Gasteiger partial charge in [-0.1, -0.05) is 32.6 Å². The van der Waals surface area contributed by atoms with Crippen LogP contribution in [-0.4, -0.2) is 50.1 Å². The molecule has 0 aliphatic carbocycles. The standard InChI is InChI=1S/C18H38N4.HI/c1-5-7-8-9-11-16(3)21-18(19-6-2)20-14-17-12-10-13-22(4)15-17;/h16-17H,5-15H2,1-4H3,(H2,19,20,21);1H. The summed E-state index contributed by atoms with van der Waals surface area (Å²) < 4.78 is 0. The number of nitrogens with one attached hydrogen (secondary N) is 2. The third-order valence-corrected chi connectivity index (χ3v) is 4.45. The van der Waals surface area contributed by atoms with Gasteiger partial charge in [-0.2, -0.15) is 0 Å². The zero-order valence-electron chi connectivity index (χ0n) is 15.7. The highest BCUT2D eigenvalue weighted by Crippen LogP contribution is 2.15. The van der Waals surface area contributed by atoms with Crippen LogP contribution < -0.4 is 10.6 Å². The van der Waals surface area contributed by atoms with Crippen LogP contribution >= 0.6 is 24.0 Å². The van der Waals surface area contributed by atoms with E-state index in [2.05, 4.69) is 43.4 Å². The molecule has 0 saturated carbocycles. The van der Waals surface area contributed by atoms with Crippen LogP contribution in [0.3, 0.4) is 0 Å². The lowest BCUT2D eigenvalue weighted by atomic mass is 9.99. The second-order valence-corrected chi connectivity index (χ2v) is 6.88. The number of rotatable bonds is 9. The molecule has 1 saturated heterocycles. The third-order valence-electron chi connectivity index (χ3n) is 4.45. The lowest BCUT2D eigenvalue weighted by Crippen LogP contribution is -2.43. The van der Waals surface area contributed by atoms with Crippen molar-refractivity contribution in [3.05, 3.63) is 0 Å². The quantitative estimate of drug-likeness (QED) is 0.249. The fourth-order valence-electron chi connectivity index (χ4n) is 3.15. The Morgan fingerprint density at radius 1 is 1.26 bits per heavy atom. The number of hydrogen-bond donors (Lipinski definition) is 2. The summed E-state index contributed by atoms with van der Waals surface area (Å²) in [6.45, 7) is 11.0. The summed E-state index contributed by atoms with van der Waals surface area (Å²) >= 11 is 0. The normalized spacial score (nSPS) is 20.7. The van der Waals surface area contributed by atoms with E-state index in [1.807, 2.05) is 0 Å². The van der Waals surface area contributed by atoms with Crippen molar-refractivity contribution in [2.45, 2.75) is 71.8 Å². The van der Waals surface area contributed by atoms with E-state index in [0.29, 0.717) is 12.0 Å². The molecule has 2 atom stereocenters. The SMILES string of the molecule is CCCCCCC(C)NC(=NCC1CCCN(C)C1)NCC.I. The van der Waals surface area contributed by atoms with E-state index < -0.39 is 0 Å². The molecule has 0 aromatic rings. The Bertz CT molecular complexity index is 309. The molecule has 23 heavy (non-hydrogen) atoms. The number of hydrogen-bond acceptors (Lipinski definition) is 2. The van der Waals surface area contributed by atoms with Gasteiger partial charge in [0.05, 0.1) is 0 Å². The Balaban J connectivity index is 0.00000484. The van der Waals surface area contributed by atoms with Crippen LogP contribution in [0.4, 0.5) is 0 Å². The third kappa shape index (κ3) is 11.2. The minimum atomic E-state index is 0. The predicted octanol–water partition coefficient (Wildman–Crippen LogP) is 3.86. The van der Waals surface area contributed by atoms with Gasteiger partial charge in [-0.3, -0.25) is 4.99 Å². The molecule has 4 nitrogen and oxygen atoms in total. The van der Waals surface area contributed by atoms with Gasteiger partial charge in [0, 0.05) is 25.7 Å². The van der Waals surface area contributed by atoms with Crippen molar-refractivity contribution in [3.8, 4) is 0 Å². The van der Waals surface area contributed by atoms with Crippen molar-refractivity contribution >= 4 is 29.9 Å². The first-order chi connectivity index (χ1) is 10.7. The molecule has 1 rings (SSSR count). The molecule has 0 amide bonds. The van der Waals surface area contributed by atoms with Gasteiger partial charge in [0.2, 0.25) is 0 Å². The minimum Gasteiger partial charge on any atom is -0.357 e. The van der Waals surface area contributed by atoms with E-state index in [9.17, 15) is 0 Å². The number of nitrogens with zero attached hydrogens (tertiary/aromatic N) is 2. The summed E-state index contributed by atoms with van der Waals surface area (Å²) in [7, 11) is 2.22. The molecule has 0 aromatic carbocycles. The van der Waals surface area contributed by atoms with E-state index in [-0.39, 0.29) is 24.0 Å². The van der Waals surface area contributed by atoms with Crippen molar-refractivity contribution in [3.63, 3.8) is 0 Å². The van der Waals surface area contributed by atoms with Crippen molar-refractivity contribution in [2.24, 2.45) is 10.9 Å². The van der Waals surface area contributed by atoms with Gasteiger partial charge in [-0.15, -0.1) is 24.0 Å². The zero-order chi connectivity index (χ0) is 16.2. The Hall–Kier alpha value is -0.0400. The zero-order valence-corrected chi connectivity index (χ0v) is 18.1. The molecule has 0 radical (unpaired) electrons. The number of unbranched alkanes of at least 4 members (excludes halogenated alkanes) is 3. The second kappa shape index (κ2) is 14.3. The molecule has 0 aromatic heterocycles. The lowest BCUT2D eigenvalue weighted by Gasteiger charge is -2.29.